The molecule has 0 bridgehead atoms. The molecule has 1 aliphatic carbocycles. The molecule has 0 amide bonds. The van der Waals surface area contributed by atoms with Crippen molar-refractivity contribution in [1.82, 2.24) is 4.72 Å². The van der Waals surface area contributed by atoms with Crippen molar-refractivity contribution >= 4 is 16.0 Å². The normalized spacial score (nSPS) is 24.6. The van der Waals surface area contributed by atoms with Crippen LogP contribution in [0.5, 0.6) is 5.75 Å². The predicted octanol–water partition coefficient (Wildman–Crippen LogP) is 1.87. The highest BCUT2D eigenvalue weighted by molar-refractivity contribution is 7.89. The van der Waals surface area contributed by atoms with Crippen LogP contribution in [0.1, 0.15) is 24.8 Å². The number of carboxylic acids is 1. The van der Waals surface area contributed by atoms with Crippen molar-refractivity contribution < 1.29 is 27.4 Å². The second-order valence-electron chi connectivity index (χ2n) is 5.91. The van der Waals surface area contributed by atoms with Gasteiger partial charge in [0.05, 0.1) is 13.0 Å². The third-order valence-corrected chi connectivity index (χ3v) is 5.51. The molecule has 1 aromatic carbocycles. The Morgan fingerprint density at radius 3 is 2.78 bits per heavy atom. The summed E-state index contributed by atoms with van der Waals surface area (Å²) in [4.78, 5) is 10.9. The Morgan fingerprint density at radius 2 is 2.22 bits per heavy atom. The summed E-state index contributed by atoms with van der Waals surface area (Å²) in [6, 6.07) is 4.69. The molecule has 0 unspecified atom stereocenters. The molecule has 128 valence electrons. The highest BCUT2D eigenvalue weighted by Crippen LogP contribution is 2.38. The van der Waals surface area contributed by atoms with Gasteiger partial charge >= 0.3 is 5.97 Å². The van der Waals surface area contributed by atoms with Crippen LogP contribution in [-0.2, 0) is 14.8 Å². The number of nitrogens with one attached hydrogen (secondary N) is 1. The summed E-state index contributed by atoms with van der Waals surface area (Å²) in [5.41, 5.74) is -1.11. The van der Waals surface area contributed by atoms with Crippen molar-refractivity contribution in [1.29, 1.82) is 0 Å². The fourth-order valence-corrected chi connectivity index (χ4v) is 4.11. The molecule has 0 aliphatic heterocycles. The number of alkyl halides is 1. The van der Waals surface area contributed by atoms with E-state index in [1.807, 2.05) is 0 Å². The zero-order valence-corrected chi connectivity index (χ0v) is 13.8. The minimum absolute atomic E-state index is 0.0252. The summed E-state index contributed by atoms with van der Waals surface area (Å²) in [5.74, 6) is -1.64. The van der Waals surface area contributed by atoms with E-state index in [2.05, 4.69) is 4.72 Å². The highest BCUT2D eigenvalue weighted by atomic mass is 32.2. The molecule has 0 aromatic heterocycles. The molecule has 2 N–H and O–H groups in total. The molecular weight excluding hydrogens is 325 g/mol. The van der Waals surface area contributed by atoms with Gasteiger partial charge in [-0.3, -0.25) is 4.79 Å². The second kappa shape index (κ2) is 6.45. The first-order valence-corrected chi connectivity index (χ1v) is 8.71. The Kier molecular flexibility index (Phi) is 4.95. The van der Waals surface area contributed by atoms with Gasteiger partial charge in [0, 0.05) is 6.54 Å². The van der Waals surface area contributed by atoms with Gasteiger partial charge in [-0.25, -0.2) is 17.5 Å². The number of sulfonamides is 1. The van der Waals surface area contributed by atoms with E-state index in [1.165, 1.54) is 19.2 Å². The molecule has 6 nitrogen and oxygen atoms in total. The maximum absolute atomic E-state index is 14.6. The number of aliphatic carboxylic acids is 1. The maximum atomic E-state index is 14.6. The first kappa shape index (κ1) is 17.7. The van der Waals surface area contributed by atoms with Crippen LogP contribution in [0.4, 0.5) is 4.39 Å². The van der Waals surface area contributed by atoms with Gasteiger partial charge in [-0.1, -0.05) is 6.07 Å². The minimum atomic E-state index is -3.95. The zero-order chi connectivity index (χ0) is 17.3. The van der Waals surface area contributed by atoms with E-state index >= 15 is 0 Å². The third kappa shape index (κ3) is 4.00. The van der Waals surface area contributed by atoms with Crippen molar-refractivity contribution in [3.8, 4) is 5.75 Å². The first-order chi connectivity index (χ1) is 10.7. The fourth-order valence-electron chi connectivity index (χ4n) is 2.75. The molecule has 1 aromatic rings. The van der Waals surface area contributed by atoms with Gasteiger partial charge in [-0.05, 0) is 43.9 Å². The molecule has 1 saturated carbocycles. The lowest BCUT2D eigenvalue weighted by Crippen LogP contribution is -2.38. The Labute approximate surface area is 134 Å². The third-order valence-electron chi connectivity index (χ3n) is 4.09. The Balaban J connectivity index is 2.14. The lowest BCUT2D eigenvalue weighted by Gasteiger charge is -2.20. The Morgan fingerprint density at radius 1 is 1.52 bits per heavy atom. The average Bonchev–Trinajstić information content (AvgIpc) is 2.89. The lowest BCUT2D eigenvalue weighted by atomic mass is 10.0. The lowest BCUT2D eigenvalue weighted by molar-refractivity contribution is -0.141. The van der Waals surface area contributed by atoms with Crippen LogP contribution in [0, 0.1) is 12.8 Å². The molecule has 1 aliphatic rings. The number of methoxy groups -OCH3 is 1. The van der Waals surface area contributed by atoms with Crippen LogP contribution in [0.3, 0.4) is 0 Å². The maximum Gasteiger partial charge on any atom is 0.306 e. The molecule has 0 spiro atoms. The van der Waals surface area contributed by atoms with Crippen LogP contribution in [0.2, 0.25) is 0 Å². The molecular formula is C15H20FNO5S. The van der Waals surface area contributed by atoms with E-state index in [0.717, 1.165) is 5.56 Å². The first-order valence-electron chi connectivity index (χ1n) is 7.23. The quantitative estimate of drug-likeness (QED) is 0.821. The van der Waals surface area contributed by atoms with Gasteiger partial charge in [0.1, 0.15) is 16.3 Å². The highest BCUT2D eigenvalue weighted by Gasteiger charge is 2.43. The summed E-state index contributed by atoms with van der Waals surface area (Å²) in [5, 5.41) is 8.93. The number of carbonyl (C=O) groups is 1. The zero-order valence-electron chi connectivity index (χ0n) is 13.0. The van der Waals surface area contributed by atoms with Gasteiger partial charge < -0.3 is 9.84 Å². The monoisotopic (exact) mass is 345 g/mol. The summed E-state index contributed by atoms with van der Waals surface area (Å²) in [6.07, 6.45) is 0.0502. The number of halogens is 1. The summed E-state index contributed by atoms with van der Waals surface area (Å²) < 4.78 is 46.7. The van der Waals surface area contributed by atoms with E-state index < -0.39 is 34.1 Å². The SMILES string of the molecule is COc1ccc(C)cc1S(=O)(=O)NC[C@@]1(F)CC[C@H](C(=O)O)C1. The standard InChI is InChI=1S/C15H20FNO5S/c1-10-3-4-12(22-2)13(7-10)23(20,21)17-9-15(16)6-5-11(8-15)14(18)19/h3-4,7,11,17H,5-6,8-9H2,1-2H3,(H,18,19)/t11-,15+/m0/s1. The van der Waals surface area contributed by atoms with Crippen LogP contribution >= 0.6 is 0 Å². The van der Waals surface area contributed by atoms with Gasteiger partial charge in [0.2, 0.25) is 10.0 Å². The number of hydrogen-bond acceptors (Lipinski definition) is 4. The molecule has 23 heavy (non-hydrogen) atoms. The molecule has 0 saturated heterocycles. The van der Waals surface area contributed by atoms with Gasteiger partial charge in [-0.15, -0.1) is 0 Å². The second-order valence-corrected chi connectivity index (χ2v) is 7.64. The van der Waals surface area contributed by atoms with E-state index in [0.29, 0.717) is 0 Å². The molecule has 2 rings (SSSR count). The van der Waals surface area contributed by atoms with E-state index in [9.17, 15) is 17.6 Å². The summed E-state index contributed by atoms with van der Waals surface area (Å²) >= 11 is 0. The van der Waals surface area contributed by atoms with Crippen LogP contribution < -0.4 is 9.46 Å². The average molecular weight is 345 g/mol. The number of aryl methyl sites for hydroxylation is 1. The van der Waals surface area contributed by atoms with Crippen molar-refractivity contribution in [2.75, 3.05) is 13.7 Å². The summed E-state index contributed by atoms with van der Waals surface area (Å²) in [7, 11) is -2.60. The minimum Gasteiger partial charge on any atom is -0.495 e. The number of rotatable bonds is 6. The molecule has 0 heterocycles. The Bertz CT molecular complexity index is 706. The predicted molar refractivity (Wildman–Crippen MR) is 81.7 cm³/mol. The number of benzene rings is 1. The van der Waals surface area contributed by atoms with Gasteiger partial charge in [0.15, 0.2) is 0 Å². The largest absolute Gasteiger partial charge is 0.495 e. The van der Waals surface area contributed by atoms with E-state index in [-0.39, 0.29) is 29.9 Å². The molecule has 2 atom stereocenters. The molecule has 1 fully saturated rings. The van der Waals surface area contributed by atoms with Crippen molar-refractivity contribution in [3.05, 3.63) is 23.8 Å². The van der Waals surface area contributed by atoms with E-state index in [1.54, 1.807) is 13.0 Å². The van der Waals surface area contributed by atoms with Crippen LogP contribution in [0.25, 0.3) is 0 Å². The van der Waals surface area contributed by atoms with Crippen molar-refractivity contribution in [2.24, 2.45) is 5.92 Å². The number of carboxylic acid groups (broad SMARTS) is 1. The van der Waals surface area contributed by atoms with Gasteiger partial charge in [-0.2, -0.15) is 0 Å². The number of hydrogen-bond donors (Lipinski definition) is 2. The van der Waals surface area contributed by atoms with E-state index in [4.69, 9.17) is 9.84 Å². The Hall–Kier alpha value is -1.67. The van der Waals surface area contributed by atoms with Crippen molar-refractivity contribution in [3.63, 3.8) is 0 Å². The number of ether oxygens (including phenoxy) is 1. The van der Waals surface area contributed by atoms with Crippen LogP contribution in [0.15, 0.2) is 23.1 Å². The van der Waals surface area contributed by atoms with Crippen molar-refractivity contribution in [2.45, 2.75) is 36.8 Å². The molecule has 0 radical (unpaired) electrons. The van der Waals surface area contributed by atoms with Crippen LogP contribution in [-0.4, -0.2) is 38.8 Å². The smallest absolute Gasteiger partial charge is 0.306 e. The fraction of sp³-hybridized carbons (Fsp3) is 0.533. The molecule has 8 heteroatoms. The summed E-state index contributed by atoms with van der Waals surface area (Å²) in [6.45, 7) is 1.29. The van der Waals surface area contributed by atoms with Gasteiger partial charge in [0.25, 0.3) is 0 Å². The topological polar surface area (TPSA) is 92.7 Å².